The van der Waals surface area contributed by atoms with Crippen molar-refractivity contribution in [3.8, 4) is 0 Å². The standard InChI is InChI=1S/C10H21NO/c1-7(2)8(11)6-9(12)10(3,4)5/h7-8H,6,11H2,1-5H3. The number of nitrogens with two attached hydrogens (primary N) is 1. The number of ketones is 1. The van der Waals surface area contributed by atoms with Gasteiger partial charge in [-0.2, -0.15) is 0 Å². The Bertz CT molecular complexity index is 156. The fourth-order valence-corrected chi connectivity index (χ4v) is 0.756. The topological polar surface area (TPSA) is 43.1 Å². The molecule has 0 bridgehead atoms. The molecule has 0 aromatic carbocycles. The highest BCUT2D eigenvalue weighted by Crippen LogP contribution is 2.18. The highest BCUT2D eigenvalue weighted by Gasteiger charge is 2.23. The van der Waals surface area contributed by atoms with Crippen molar-refractivity contribution >= 4 is 5.78 Å². The van der Waals surface area contributed by atoms with E-state index in [1.54, 1.807) is 0 Å². The van der Waals surface area contributed by atoms with E-state index in [0.29, 0.717) is 12.3 Å². The van der Waals surface area contributed by atoms with Gasteiger partial charge in [0, 0.05) is 17.9 Å². The number of carbonyl (C=O) groups excluding carboxylic acids is 1. The summed E-state index contributed by atoms with van der Waals surface area (Å²) < 4.78 is 0. The maximum absolute atomic E-state index is 11.5. The predicted molar refractivity (Wildman–Crippen MR) is 51.9 cm³/mol. The average Bonchev–Trinajstić information content (AvgIpc) is 1.85. The zero-order chi connectivity index (χ0) is 9.94. The number of hydrogen-bond donors (Lipinski definition) is 1. The van der Waals surface area contributed by atoms with Crippen LogP contribution in [-0.4, -0.2) is 11.8 Å². The molecule has 2 N–H and O–H groups in total. The highest BCUT2D eigenvalue weighted by atomic mass is 16.1. The summed E-state index contributed by atoms with van der Waals surface area (Å²) in [7, 11) is 0. The molecule has 0 radical (unpaired) electrons. The summed E-state index contributed by atoms with van der Waals surface area (Å²) in [5.41, 5.74) is 5.55. The summed E-state index contributed by atoms with van der Waals surface area (Å²) in [6.07, 6.45) is 0.501. The van der Waals surface area contributed by atoms with Crippen LogP contribution in [0.25, 0.3) is 0 Å². The normalized spacial score (nSPS) is 14.9. The molecule has 0 saturated heterocycles. The molecule has 12 heavy (non-hydrogen) atoms. The van der Waals surface area contributed by atoms with E-state index in [1.165, 1.54) is 0 Å². The first-order valence-electron chi connectivity index (χ1n) is 4.54. The average molecular weight is 171 g/mol. The second-order valence-electron chi connectivity index (χ2n) is 4.79. The predicted octanol–water partition coefficient (Wildman–Crippen LogP) is 1.97. The zero-order valence-corrected chi connectivity index (χ0v) is 8.85. The summed E-state index contributed by atoms with van der Waals surface area (Å²) in [5.74, 6) is 0.639. The summed E-state index contributed by atoms with van der Waals surface area (Å²) in [4.78, 5) is 11.5. The van der Waals surface area contributed by atoms with Crippen LogP contribution in [0.1, 0.15) is 41.0 Å². The second kappa shape index (κ2) is 4.04. The first kappa shape index (κ1) is 11.6. The summed E-state index contributed by atoms with van der Waals surface area (Å²) in [5, 5.41) is 0. The lowest BCUT2D eigenvalue weighted by molar-refractivity contribution is -0.126. The van der Waals surface area contributed by atoms with Crippen molar-refractivity contribution in [1.29, 1.82) is 0 Å². The van der Waals surface area contributed by atoms with Gasteiger partial charge in [-0.25, -0.2) is 0 Å². The van der Waals surface area contributed by atoms with Gasteiger partial charge in [0.2, 0.25) is 0 Å². The molecule has 0 heterocycles. The third-order valence-corrected chi connectivity index (χ3v) is 2.11. The molecule has 0 saturated carbocycles. The van der Waals surface area contributed by atoms with Crippen LogP contribution >= 0.6 is 0 Å². The minimum atomic E-state index is -0.244. The van der Waals surface area contributed by atoms with E-state index in [0.717, 1.165) is 0 Å². The molecule has 0 aromatic heterocycles. The first-order chi connectivity index (χ1) is 5.25. The molecule has 72 valence electrons. The Morgan fingerprint density at radius 2 is 1.75 bits per heavy atom. The minimum Gasteiger partial charge on any atom is -0.327 e. The van der Waals surface area contributed by atoms with E-state index in [-0.39, 0.29) is 17.2 Å². The number of carbonyl (C=O) groups is 1. The van der Waals surface area contributed by atoms with Crippen LogP contribution < -0.4 is 5.73 Å². The third kappa shape index (κ3) is 3.86. The highest BCUT2D eigenvalue weighted by molar-refractivity contribution is 5.84. The van der Waals surface area contributed by atoms with Crippen molar-refractivity contribution in [2.45, 2.75) is 47.1 Å². The van der Waals surface area contributed by atoms with E-state index < -0.39 is 0 Å². The molecule has 0 amide bonds. The molecule has 2 nitrogen and oxygen atoms in total. The van der Waals surface area contributed by atoms with Gasteiger partial charge in [0.05, 0.1) is 0 Å². The van der Waals surface area contributed by atoms with Gasteiger partial charge >= 0.3 is 0 Å². The first-order valence-corrected chi connectivity index (χ1v) is 4.54. The number of Topliss-reactive ketones (excluding diaryl/α,β-unsaturated/α-hetero) is 1. The molecule has 0 aromatic rings. The van der Waals surface area contributed by atoms with Gasteiger partial charge in [-0.3, -0.25) is 4.79 Å². The molecule has 0 spiro atoms. The molecule has 1 unspecified atom stereocenters. The van der Waals surface area contributed by atoms with Crippen molar-refractivity contribution in [1.82, 2.24) is 0 Å². The van der Waals surface area contributed by atoms with E-state index in [2.05, 4.69) is 0 Å². The SMILES string of the molecule is CC(C)C(N)CC(=O)C(C)(C)C. The smallest absolute Gasteiger partial charge is 0.139 e. The Morgan fingerprint density at radius 1 is 1.33 bits per heavy atom. The Labute approximate surface area is 75.5 Å². The Morgan fingerprint density at radius 3 is 2.00 bits per heavy atom. The minimum absolute atomic E-state index is 0.0109. The molecule has 2 heteroatoms. The van der Waals surface area contributed by atoms with Gasteiger partial charge in [-0.1, -0.05) is 34.6 Å². The van der Waals surface area contributed by atoms with E-state index >= 15 is 0 Å². The molecular formula is C10H21NO. The summed E-state index contributed by atoms with van der Waals surface area (Å²) in [6, 6.07) is 0.0109. The Kier molecular flexibility index (Phi) is 3.91. The van der Waals surface area contributed by atoms with Gasteiger partial charge in [0.25, 0.3) is 0 Å². The maximum Gasteiger partial charge on any atom is 0.139 e. The van der Waals surface area contributed by atoms with Gasteiger partial charge in [-0.15, -0.1) is 0 Å². The quantitative estimate of drug-likeness (QED) is 0.705. The monoisotopic (exact) mass is 171 g/mol. The largest absolute Gasteiger partial charge is 0.327 e. The molecule has 0 rings (SSSR count). The molecule has 1 atom stereocenters. The van der Waals surface area contributed by atoms with Crippen LogP contribution in [-0.2, 0) is 4.79 Å². The van der Waals surface area contributed by atoms with Crippen molar-refractivity contribution in [2.24, 2.45) is 17.1 Å². The third-order valence-electron chi connectivity index (χ3n) is 2.11. The van der Waals surface area contributed by atoms with Crippen LogP contribution in [0, 0.1) is 11.3 Å². The lowest BCUT2D eigenvalue weighted by Gasteiger charge is -2.21. The Hall–Kier alpha value is -0.370. The zero-order valence-electron chi connectivity index (χ0n) is 8.85. The fraction of sp³-hybridized carbons (Fsp3) is 0.900. The maximum atomic E-state index is 11.5. The van der Waals surface area contributed by atoms with Crippen LogP contribution in [0.3, 0.4) is 0 Å². The molecule has 0 aliphatic heterocycles. The van der Waals surface area contributed by atoms with Gasteiger partial charge < -0.3 is 5.73 Å². The van der Waals surface area contributed by atoms with Crippen LogP contribution in [0.2, 0.25) is 0 Å². The fourth-order valence-electron chi connectivity index (χ4n) is 0.756. The van der Waals surface area contributed by atoms with Crippen LogP contribution in [0.15, 0.2) is 0 Å². The van der Waals surface area contributed by atoms with E-state index in [9.17, 15) is 4.79 Å². The number of rotatable bonds is 3. The van der Waals surface area contributed by atoms with E-state index in [1.807, 2.05) is 34.6 Å². The van der Waals surface area contributed by atoms with Crippen molar-refractivity contribution < 1.29 is 4.79 Å². The lowest BCUT2D eigenvalue weighted by Crippen LogP contribution is -2.33. The van der Waals surface area contributed by atoms with Crippen molar-refractivity contribution in [2.75, 3.05) is 0 Å². The number of hydrogen-bond acceptors (Lipinski definition) is 2. The molecule has 0 fully saturated rings. The van der Waals surface area contributed by atoms with Crippen molar-refractivity contribution in [3.63, 3.8) is 0 Å². The van der Waals surface area contributed by atoms with Gasteiger partial charge in [0.1, 0.15) is 5.78 Å². The van der Waals surface area contributed by atoms with Crippen molar-refractivity contribution in [3.05, 3.63) is 0 Å². The lowest BCUT2D eigenvalue weighted by atomic mass is 9.85. The molecule has 0 aliphatic carbocycles. The van der Waals surface area contributed by atoms with E-state index in [4.69, 9.17) is 5.73 Å². The second-order valence-corrected chi connectivity index (χ2v) is 4.79. The van der Waals surface area contributed by atoms with Gasteiger partial charge in [-0.05, 0) is 5.92 Å². The Balaban J connectivity index is 4.02. The van der Waals surface area contributed by atoms with Crippen LogP contribution in [0.4, 0.5) is 0 Å². The van der Waals surface area contributed by atoms with Gasteiger partial charge in [0.15, 0.2) is 0 Å². The molecular weight excluding hydrogens is 150 g/mol. The molecule has 0 aliphatic rings. The van der Waals surface area contributed by atoms with Crippen LogP contribution in [0.5, 0.6) is 0 Å². The summed E-state index contributed by atoms with van der Waals surface area (Å²) in [6.45, 7) is 9.88. The summed E-state index contributed by atoms with van der Waals surface area (Å²) >= 11 is 0.